The Morgan fingerprint density at radius 3 is 3.00 bits per heavy atom. The van der Waals surface area contributed by atoms with Crippen LogP contribution in [0, 0.1) is 0 Å². The minimum atomic E-state index is -0.125. The molecule has 2 N–H and O–H groups in total. The number of aromatic nitrogens is 3. The number of carbonyl (C=O) groups is 1. The smallest absolute Gasteiger partial charge is 0.272 e. The van der Waals surface area contributed by atoms with Gasteiger partial charge in [0.15, 0.2) is 0 Å². The number of amides is 1. The van der Waals surface area contributed by atoms with E-state index in [4.69, 9.17) is 0 Å². The van der Waals surface area contributed by atoms with Gasteiger partial charge in [0.2, 0.25) is 0 Å². The number of aromatic amines is 1. The van der Waals surface area contributed by atoms with Crippen molar-refractivity contribution in [2.24, 2.45) is 0 Å². The average Bonchev–Trinajstić information content (AvgIpc) is 2.86. The van der Waals surface area contributed by atoms with Crippen LogP contribution in [0.4, 0.5) is 5.69 Å². The molecule has 5 nitrogen and oxygen atoms in total. The molecule has 0 aliphatic carbocycles. The summed E-state index contributed by atoms with van der Waals surface area (Å²) < 4.78 is 1.93. The number of rotatable bonds is 3. The third-order valence-electron chi connectivity index (χ3n) is 2.32. The van der Waals surface area contributed by atoms with Gasteiger partial charge in [-0.15, -0.1) is 0 Å². The molecular weight excluding hydrogens is 204 g/mol. The lowest BCUT2D eigenvalue weighted by atomic mass is 10.3. The molecule has 2 heterocycles. The molecule has 0 radical (unpaired) electrons. The lowest BCUT2D eigenvalue weighted by Gasteiger charge is -2.12. The van der Waals surface area contributed by atoms with E-state index in [1.165, 1.54) is 0 Å². The van der Waals surface area contributed by atoms with Crippen molar-refractivity contribution in [1.29, 1.82) is 0 Å². The maximum Gasteiger partial charge on any atom is 0.272 e. The Labute approximate surface area is 93.5 Å². The van der Waals surface area contributed by atoms with Gasteiger partial charge >= 0.3 is 0 Å². The van der Waals surface area contributed by atoms with Crippen LogP contribution in [0.3, 0.4) is 0 Å². The molecule has 0 spiro atoms. The van der Waals surface area contributed by atoms with Crippen molar-refractivity contribution in [2.75, 3.05) is 5.32 Å². The van der Waals surface area contributed by atoms with E-state index in [2.05, 4.69) is 15.5 Å². The highest BCUT2D eigenvalue weighted by Gasteiger charge is 2.12. The topological polar surface area (TPSA) is 62.7 Å². The van der Waals surface area contributed by atoms with Gasteiger partial charge in [-0.25, -0.2) is 0 Å². The van der Waals surface area contributed by atoms with E-state index in [1.807, 2.05) is 30.7 Å². The third kappa shape index (κ3) is 1.98. The monoisotopic (exact) mass is 218 g/mol. The first-order valence-electron chi connectivity index (χ1n) is 5.15. The Morgan fingerprint density at radius 2 is 2.38 bits per heavy atom. The van der Waals surface area contributed by atoms with Crippen molar-refractivity contribution < 1.29 is 4.79 Å². The van der Waals surface area contributed by atoms with Crippen molar-refractivity contribution in [3.63, 3.8) is 0 Å². The lowest BCUT2D eigenvalue weighted by molar-refractivity contribution is 0.101. The highest BCUT2D eigenvalue weighted by Crippen LogP contribution is 2.12. The molecule has 0 aliphatic rings. The van der Waals surface area contributed by atoms with Crippen molar-refractivity contribution in [2.45, 2.75) is 19.9 Å². The van der Waals surface area contributed by atoms with Crippen molar-refractivity contribution >= 4 is 11.6 Å². The van der Waals surface area contributed by atoms with E-state index in [-0.39, 0.29) is 11.9 Å². The molecule has 0 saturated heterocycles. The molecule has 0 bridgehead atoms. The van der Waals surface area contributed by atoms with Gasteiger partial charge in [0.25, 0.3) is 5.91 Å². The normalized spacial score (nSPS) is 10.7. The summed E-state index contributed by atoms with van der Waals surface area (Å²) in [5.74, 6) is -0.125. The van der Waals surface area contributed by atoms with Crippen molar-refractivity contribution in [3.8, 4) is 0 Å². The molecule has 0 atom stereocenters. The van der Waals surface area contributed by atoms with Gasteiger partial charge in [-0.2, -0.15) is 5.10 Å². The highest BCUT2D eigenvalue weighted by atomic mass is 16.1. The average molecular weight is 218 g/mol. The first-order valence-corrected chi connectivity index (χ1v) is 5.15. The summed E-state index contributed by atoms with van der Waals surface area (Å²) in [5, 5.41) is 9.18. The van der Waals surface area contributed by atoms with E-state index in [0.29, 0.717) is 11.4 Å². The Morgan fingerprint density at radius 1 is 1.56 bits per heavy atom. The maximum atomic E-state index is 11.9. The van der Waals surface area contributed by atoms with Crippen LogP contribution < -0.4 is 5.32 Å². The van der Waals surface area contributed by atoms with E-state index in [1.54, 1.807) is 18.5 Å². The number of nitrogens with one attached hydrogen (secondary N) is 2. The van der Waals surface area contributed by atoms with Gasteiger partial charge in [-0.1, -0.05) is 0 Å². The molecule has 2 rings (SSSR count). The van der Waals surface area contributed by atoms with Crippen LogP contribution >= 0.6 is 0 Å². The second-order valence-electron chi connectivity index (χ2n) is 3.84. The summed E-state index contributed by atoms with van der Waals surface area (Å²) >= 11 is 0. The van der Waals surface area contributed by atoms with Gasteiger partial charge in [0.1, 0.15) is 5.69 Å². The fourth-order valence-corrected chi connectivity index (χ4v) is 1.55. The molecule has 16 heavy (non-hydrogen) atoms. The molecule has 0 fully saturated rings. The number of carbonyl (C=O) groups excluding carboxylic acids is 1. The zero-order valence-electron chi connectivity index (χ0n) is 9.27. The minimum Gasteiger partial charge on any atom is -0.341 e. The van der Waals surface area contributed by atoms with Crippen LogP contribution in [-0.2, 0) is 0 Å². The van der Waals surface area contributed by atoms with Crippen LogP contribution in [0.15, 0.2) is 30.7 Å². The number of nitrogens with zero attached hydrogens (tertiary/aromatic N) is 2. The summed E-state index contributed by atoms with van der Waals surface area (Å²) in [6.45, 7) is 4.07. The molecule has 2 aromatic heterocycles. The second-order valence-corrected chi connectivity index (χ2v) is 3.84. The SMILES string of the molecule is CC(C)n1cccc1C(=O)Nc1cn[nH]c1. The Balaban J connectivity index is 2.18. The predicted molar refractivity (Wildman–Crippen MR) is 61.4 cm³/mol. The van der Waals surface area contributed by atoms with Gasteiger partial charge in [0.05, 0.1) is 11.9 Å². The second kappa shape index (κ2) is 4.22. The van der Waals surface area contributed by atoms with Gasteiger partial charge < -0.3 is 9.88 Å². The Kier molecular flexibility index (Phi) is 2.76. The molecule has 2 aromatic rings. The van der Waals surface area contributed by atoms with Crippen LogP contribution in [0.25, 0.3) is 0 Å². The quantitative estimate of drug-likeness (QED) is 0.828. The zero-order chi connectivity index (χ0) is 11.5. The van der Waals surface area contributed by atoms with Gasteiger partial charge in [0, 0.05) is 18.4 Å². The van der Waals surface area contributed by atoms with E-state index in [9.17, 15) is 4.79 Å². The van der Waals surface area contributed by atoms with Crippen LogP contribution in [0.1, 0.15) is 30.4 Å². The zero-order valence-corrected chi connectivity index (χ0v) is 9.27. The first-order chi connectivity index (χ1) is 7.68. The summed E-state index contributed by atoms with van der Waals surface area (Å²) in [7, 11) is 0. The van der Waals surface area contributed by atoms with Gasteiger partial charge in [-0.05, 0) is 26.0 Å². The number of hydrogen-bond acceptors (Lipinski definition) is 2. The largest absolute Gasteiger partial charge is 0.341 e. The maximum absolute atomic E-state index is 11.9. The van der Waals surface area contributed by atoms with Crippen LogP contribution in [-0.4, -0.2) is 20.7 Å². The molecular formula is C11H14N4O. The number of anilines is 1. The first kappa shape index (κ1) is 10.5. The minimum absolute atomic E-state index is 0.125. The molecule has 0 aliphatic heterocycles. The third-order valence-corrected chi connectivity index (χ3v) is 2.32. The Hall–Kier alpha value is -2.04. The molecule has 0 aromatic carbocycles. The number of hydrogen-bond donors (Lipinski definition) is 2. The fourth-order valence-electron chi connectivity index (χ4n) is 1.55. The molecule has 5 heteroatoms. The fraction of sp³-hybridized carbons (Fsp3) is 0.273. The van der Waals surface area contributed by atoms with E-state index in [0.717, 1.165) is 0 Å². The number of H-pyrrole nitrogens is 1. The van der Waals surface area contributed by atoms with E-state index < -0.39 is 0 Å². The molecule has 1 amide bonds. The predicted octanol–water partition coefficient (Wildman–Crippen LogP) is 2.04. The highest BCUT2D eigenvalue weighted by molar-refractivity contribution is 6.03. The molecule has 0 saturated carbocycles. The summed E-state index contributed by atoms with van der Waals surface area (Å²) in [6.07, 6.45) is 5.11. The summed E-state index contributed by atoms with van der Waals surface area (Å²) in [4.78, 5) is 11.9. The standard InChI is InChI=1S/C11H14N4O/c1-8(2)15-5-3-4-10(15)11(16)14-9-6-12-13-7-9/h3-8H,1-2H3,(H,12,13)(H,14,16). The molecule has 0 unspecified atom stereocenters. The van der Waals surface area contributed by atoms with Crippen LogP contribution in [0.2, 0.25) is 0 Å². The molecule has 84 valence electrons. The van der Waals surface area contributed by atoms with Crippen molar-refractivity contribution in [1.82, 2.24) is 14.8 Å². The van der Waals surface area contributed by atoms with Crippen molar-refractivity contribution in [3.05, 3.63) is 36.4 Å². The summed E-state index contributed by atoms with van der Waals surface area (Å²) in [6, 6.07) is 3.93. The lowest BCUT2D eigenvalue weighted by Crippen LogP contribution is -2.17. The van der Waals surface area contributed by atoms with E-state index >= 15 is 0 Å². The van der Waals surface area contributed by atoms with Gasteiger partial charge in [-0.3, -0.25) is 9.89 Å². The summed E-state index contributed by atoms with van der Waals surface area (Å²) in [5.41, 5.74) is 1.32. The van der Waals surface area contributed by atoms with Crippen LogP contribution in [0.5, 0.6) is 0 Å². The Bertz CT molecular complexity index is 470.